The number of carbonyl (C=O) groups is 5. The predicted octanol–water partition coefficient (Wildman–Crippen LogP) is 5.33. The molecule has 1 aliphatic heterocycles. The summed E-state index contributed by atoms with van der Waals surface area (Å²) in [6.45, 7) is 6.77. The molecule has 2 amide bonds. The molecule has 1 heterocycles. The van der Waals surface area contributed by atoms with Gasteiger partial charge in [-0.15, -0.1) is 0 Å². The van der Waals surface area contributed by atoms with Gasteiger partial charge in [-0.1, -0.05) is 83.9 Å². The Morgan fingerprint density at radius 1 is 0.854 bits per heavy atom. The van der Waals surface area contributed by atoms with E-state index in [-0.39, 0.29) is 24.4 Å². The van der Waals surface area contributed by atoms with E-state index < -0.39 is 40.8 Å². The van der Waals surface area contributed by atoms with Gasteiger partial charge in [-0.05, 0) is 32.4 Å². The number of aryl methyl sites for hydroxylation is 2. The SMILES string of the molecule is CCOC(=O)[C@@H]1C(C(=O)c2ccc(C)cc2)=C[C@@H](CC(=O)c2ccc(C)cc2)[C@@]12C(=O)N(C(C)=O)c1ccccc12. The van der Waals surface area contributed by atoms with Crippen LogP contribution in [-0.2, 0) is 24.5 Å². The largest absolute Gasteiger partial charge is 0.465 e. The summed E-state index contributed by atoms with van der Waals surface area (Å²) in [6.07, 6.45) is 1.43. The summed E-state index contributed by atoms with van der Waals surface area (Å²) in [5, 5.41) is 0. The summed E-state index contributed by atoms with van der Waals surface area (Å²) in [4.78, 5) is 69.9. The molecule has 2 aliphatic rings. The van der Waals surface area contributed by atoms with Crippen LogP contribution in [0.5, 0.6) is 0 Å². The van der Waals surface area contributed by atoms with Crippen LogP contribution in [0.1, 0.15) is 57.7 Å². The standard InChI is InChI=1S/C34H31NO6/c1-5-41-32(39)30-26(31(38)24-16-12-21(3)13-17-24)18-25(19-29(37)23-14-10-20(2)11-15-23)34(30)27-8-6-7-9-28(27)35(22(4)36)33(34)40/h6-18,25,30H,5,19H2,1-4H3/t25-,30-,34-/m0/s1. The number of Topliss-reactive ketones (excluding diaryl/α,β-unsaturated/α-hetero) is 2. The van der Waals surface area contributed by atoms with Gasteiger partial charge in [-0.2, -0.15) is 0 Å². The first-order chi connectivity index (χ1) is 19.6. The molecular weight excluding hydrogens is 518 g/mol. The van der Waals surface area contributed by atoms with Crippen LogP contribution >= 0.6 is 0 Å². The monoisotopic (exact) mass is 549 g/mol. The number of allylic oxidation sites excluding steroid dienone is 1. The zero-order valence-corrected chi connectivity index (χ0v) is 23.5. The molecule has 3 atom stereocenters. The molecule has 208 valence electrons. The Kier molecular flexibility index (Phi) is 7.30. The first-order valence-corrected chi connectivity index (χ1v) is 13.6. The Hall–Kier alpha value is -4.65. The third-order valence-corrected chi connectivity index (χ3v) is 8.07. The Morgan fingerprint density at radius 3 is 2.02 bits per heavy atom. The predicted molar refractivity (Wildman–Crippen MR) is 154 cm³/mol. The van der Waals surface area contributed by atoms with Crippen LogP contribution in [-0.4, -0.2) is 36.0 Å². The molecule has 3 aromatic rings. The molecule has 0 aromatic heterocycles. The molecule has 0 radical (unpaired) electrons. The normalized spacial score (nSPS) is 21.0. The van der Waals surface area contributed by atoms with E-state index >= 15 is 0 Å². The summed E-state index contributed by atoms with van der Waals surface area (Å²) in [5.41, 5.74) is 1.87. The van der Waals surface area contributed by atoms with Crippen LogP contribution in [0.25, 0.3) is 0 Å². The van der Waals surface area contributed by atoms with Crippen molar-refractivity contribution >= 4 is 35.0 Å². The molecule has 0 unspecified atom stereocenters. The Morgan fingerprint density at radius 2 is 1.44 bits per heavy atom. The molecule has 0 saturated heterocycles. The van der Waals surface area contributed by atoms with Crippen molar-refractivity contribution in [1.82, 2.24) is 0 Å². The summed E-state index contributed by atoms with van der Waals surface area (Å²) in [5.74, 6) is -4.85. The van der Waals surface area contributed by atoms with Crippen LogP contribution < -0.4 is 4.90 Å². The van der Waals surface area contributed by atoms with E-state index in [1.54, 1.807) is 73.7 Å². The Bertz CT molecular complexity index is 1600. The van der Waals surface area contributed by atoms with E-state index in [1.165, 1.54) is 6.92 Å². The summed E-state index contributed by atoms with van der Waals surface area (Å²) in [6, 6.07) is 20.8. The highest BCUT2D eigenvalue weighted by Crippen LogP contribution is 2.58. The van der Waals surface area contributed by atoms with Crippen molar-refractivity contribution in [3.63, 3.8) is 0 Å². The zero-order valence-electron chi connectivity index (χ0n) is 23.5. The first-order valence-electron chi connectivity index (χ1n) is 13.6. The fourth-order valence-electron chi connectivity index (χ4n) is 6.18. The average molecular weight is 550 g/mol. The molecular formula is C34H31NO6. The van der Waals surface area contributed by atoms with E-state index in [9.17, 15) is 24.0 Å². The average Bonchev–Trinajstić information content (AvgIpc) is 3.42. The van der Waals surface area contributed by atoms with Gasteiger partial charge in [0.15, 0.2) is 11.6 Å². The highest BCUT2D eigenvalue weighted by molar-refractivity contribution is 6.26. The lowest BCUT2D eigenvalue weighted by Crippen LogP contribution is -2.52. The number of amides is 2. The fourth-order valence-corrected chi connectivity index (χ4v) is 6.18. The van der Waals surface area contributed by atoms with Gasteiger partial charge in [0.25, 0.3) is 0 Å². The third-order valence-electron chi connectivity index (χ3n) is 8.07. The second-order valence-corrected chi connectivity index (χ2v) is 10.6. The van der Waals surface area contributed by atoms with Crippen LogP contribution in [0.2, 0.25) is 0 Å². The van der Waals surface area contributed by atoms with Crippen molar-refractivity contribution in [3.05, 3.63) is 112 Å². The molecule has 0 fully saturated rings. The number of esters is 1. The number of rotatable bonds is 7. The quantitative estimate of drug-likeness (QED) is 0.292. The molecule has 41 heavy (non-hydrogen) atoms. The van der Waals surface area contributed by atoms with Gasteiger partial charge in [0.05, 0.1) is 12.3 Å². The van der Waals surface area contributed by atoms with Gasteiger partial charge >= 0.3 is 5.97 Å². The second-order valence-electron chi connectivity index (χ2n) is 10.6. The maximum absolute atomic E-state index is 14.5. The number of nitrogens with zero attached hydrogens (tertiary/aromatic N) is 1. The number of para-hydroxylation sites is 1. The minimum Gasteiger partial charge on any atom is -0.465 e. The molecule has 0 bridgehead atoms. The lowest BCUT2D eigenvalue weighted by molar-refractivity contribution is -0.152. The Balaban J connectivity index is 1.74. The molecule has 1 aliphatic carbocycles. The van der Waals surface area contributed by atoms with E-state index in [4.69, 9.17) is 4.74 Å². The maximum Gasteiger partial charge on any atom is 0.315 e. The number of ketones is 2. The van der Waals surface area contributed by atoms with Crippen molar-refractivity contribution in [2.45, 2.75) is 39.5 Å². The zero-order chi connectivity index (χ0) is 29.5. The molecule has 0 N–H and O–H groups in total. The van der Waals surface area contributed by atoms with Gasteiger partial charge < -0.3 is 4.74 Å². The van der Waals surface area contributed by atoms with Crippen molar-refractivity contribution in [2.24, 2.45) is 11.8 Å². The molecule has 1 spiro atoms. The molecule has 0 saturated carbocycles. The van der Waals surface area contributed by atoms with Gasteiger partial charge in [0, 0.05) is 36.0 Å². The topological polar surface area (TPSA) is 97.8 Å². The number of benzene rings is 3. The lowest BCUT2D eigenvalue weighted by atomic mass is 9.64. The molecule has 3 aromatic carbocycles. The molecule has 7 heteroatoms. The smallest absolute Gasteiger partial charge is 0.315 e. The summed E-state index contributed by atoms with van der Waals surface area (Å²) >= 11 is 0. The van der Waals surface area contributed by atoms with Gasteiger partial charge in [-0.25, -0.2) is 4.90 Å². The van der Waals surface area contributed by atoms with Crippen LogP contribution in [0, 0.1) is 25.7 Å². The fraction of sp³-hybridized carbons (Fsp3) is 0.265. The highest BCUT2D eigenvalue weighted by Gasteiger charge is 2.67. The first kappa shape index (κ1) is 27.9. The maximum atomic E-state index is 14.5. The number of hydrogen-bond acceptors (Lipinski definition) is 6. The lowest BCUT2D eigenvalue weighted by Gasteiger charge is -2.35. The molecule has 7 nitrogen and oxygen atoms in total. The molecule has 5 rings (SSSR count). The van der Waals surface area contributed by atoms with Crippen molar-refractivity contribution < 1.29 is 28.7 Å². The van der Waals surface area contributed by atoms with E-state index in [1.807, 2.05) is 26.0 Å². The highest BCUT2D eigenvalue weighted by atomic mass is 16.5. The number of anilines is 1. The van der Waals surface area contributed by atoms with Crippen molar-refractivity contribution in [1.29, 1.82) is 0 Å². The number of imide groups is 1. The number of fused-ring (bicyclic) bond motifs is 2. The van der Waals surface area contributed by atoms with E-state index in [0.29, 0.717) is 22.4 Å². The van der Waals surface area contributed by atoms with E-state index in [0.717, 1.165) is 16.0 Å². The van der Waals surface area contributed by atoms with E-state index in [2.05, 4.69) is 0 Å². The van der Waals surface area contributed by atoms with Gasteiger partial charge in [0.1, 0.15) is 11.3 Å². The van der Waals surface area contributed by atoms with Gasteiger partial charge in [0.2, 0.25) is 11.8 Å². The number of ether oxygens (including phenoxy) is 1. The Labute approximate surface area is 238 Å². The number of carbonyl (C=O) groups excluding carboxylic acids is 5. The van der Waals surface area contributed by atoms with Crippen molar-refractivity contribution in [2.75, 3.05) is 11.5 Å². The minimum atomic E-state index is -1.72. The summed E-state index contributed by atoms with van der Waals surface area (Å²) < 4.78 is 5.49. The van der Waals surface area contributed by atoms with Crippen LogP contribution in [0.3, 0.4) is 0 Å². The number of hydrogen-bond donors (Lipinski definition) is 0. The van der Waals surface area contributed by atoms with Crippen molar-refractivity contribution in [3.8, 4) is 0 Å². The minimum absolute atomic E-state index is 0.0244. The second kappa shape index (κ2) is 10.7. The third kappa shape index (κ3) is 4.51. The van der Waals surface area contributed by atoms with Gasteiger partial charge in [-0.3, -0.25) is 24.0 Å². The summed E-state index contributed by atoms with van der Waals surface area (Å²) in [7, 11) is 0. The van der Waals surface area contributed by atoms with Crippen LogP contribution in [0.4, 0.5) is 5.69 Å². The van der Waals surface area contributed by atoms with Crippen LogP contribution in [0.15, 0.2) is 84.4 Å².